The topological polar surface area (TPSA) is 77.9 Å². The zero-order chi connectivity index (χ0) is 18.4. The fraction of sp³-hybridized carbons (Fsp3) is 0.238. The number of furan rings is 1. The van der Waals surface area contributed by atoms with Crippen molar-refractivity contribution in [3.8, 4) is 11.6 Å². The highest BCUT2D eigenvalue weighted by atomic mass is 16.3. The molecule has 4 aromatic rings. The van der Waals surface area contributed by atoms with Gasteiger partial charge in [-0.3, -0.25) is 9.69 Å². The summed E-state index contributed by atoms with van der Waals surface area (Å²) in [6, 6.07) is 10.0. The minimum atomic E-state index is -0.0779. The summed E-state index contributed by atoms with van der Waals surface area (Å²) in [4.78, 5) is 25.7. The lowest BCUT2D eigenvalue weighted by Crippen LogP contribution is -2.35. The first-order chi connectivity index (χ1) is 13.2. The number of hydrogen-bond donors (Lipinski definition) is 2. The minimum absolute atomic E-state index is 0.0779. The molecule has 3 aromatic heterocycles. The lowest BCUT2D eigenvalue weighted by molar-refractivity contribution is 0.242. The maximum absolute atomic E-state index is 12.6. The van der Waals surface area contributed by atoms with E-state index in [2.05, 4.69) is 51.2 Å². The molecule has 27 heavy (non-hydrogen) atoms. The summed E-state index contributed by atoms with van der Waals surface area (Å²) in [5, 5.41) is 1.25. The molecule has 0 atom stereocenters. The summed E-state index contributed by atoms with van der Waals surface area (Å²) < 4.78 is 5.36. The highest BCUT2D eigenvalue weighted by Crippen LogP contribution is 2.24. The molecule has 0 aliphatic carbocycles. The Balaban J connectivity index is 1.42. The van der Waals surface area contributed by atoms with Gasteiger partial charge in [-0.2, -0.15) is 0 Å². The Labute approximate surface area is 155 Å². The molecule has 0 saturated carbocycles. The van der Waals surface area contributed by atoms with Crippen molar-refractivity contribution in [3.05, 3.63) is 75.5 Å². The minimum Gasteiger partial charge on any atom is -0.461 e. The molecular formula is C21H20N4O2. The van der Waals surface area contributed by atoms with Gasteiger partial charge in [0.1, 0.15) is 0 Å². The van der Waals surface area contributed by atoms with Crippen LogP contribution in [0.15, 0.2) is 52.0 Å². The number of hydrogen-bond acceptors (Lipinski definition) is 4. The largest absolute Gasteiger partial charge is 0.461 e. The average Bonchev–Trinajstić information content (AvgIpc) is 3.33. The molecule has 6 heteroatoms. The normalized spacial score (nSPS) is 14.6. The van der Waals surface area contributed by atoms with E-state index < -0.39 is 0 Å². The van der Waals surface area contributed by atoms with Gasteiger partial charge in [-0.1, -0.05) is 11.6 Å². The maximum atomic E-state index is 12.6. The van der Waals surface area contributed by atoms with Gasteiger partial charge in [0.2, 0.25) is 0 Å². The molecule has 0 fully saturated rings. The Morgan fingerprint density at radius 1 is 1.30 bits per heavy atom. The molecule has 0 saturated heterocycles. The van der Waals surface area contributed by atoms with Crippen molar-refractivity contribution in [3.63, 3.8) is 0 Å². The zero-order valence-electron chi connectivity index (χ0n) is 15.1. The quantitative estimate of drug-likeness (QED) is 0.587. The molecule has 1 aliphatic rings. The van der Waals surface area contributed by atoms with Crippen LogP contribution in [-0.2, 0) is 19.5 Å². The second-order valence-corrected chi connectivity index (χ2v) is 7.14. The smallest absolute Gasteiger partial charge is 0.256 e. The first-order valence-corrected chi connectivity index (χ1v) is 9.12. The molecule has 4 heterocycles. The van der Waals surface area contributed by atoms with Crippen molar-refractivity contribution < 1.29 is 4.42 Å². The second-order valence-electron chi connectivity index (χ2n) is 7.14. The van der Waals surface area contributed by atoms with Gasteiger partial charge >= 0.3 is 0 Å². The van der Waals surface area contributed by atoms with Crippen LogP contribution in [0.2, 0.25) is 0 Å². The highest BCUT2D eigenvalue weighted by Gasteiger charge is 2.22. The lowest BCUT2D eigenvalue weighted by atomic mass is 10.0. The molecule has 1 aliphatic heterocycles. The highest BCUT2D eigenvalue weighted by molar-refractivity contribution is 5.83. The van der Waals surface area contributed by atoms with Gasteiger partial charge < -0.3 is 14.4 Å². The van der Waals surface area contributed by atoms with Gasteiger partial charge in [-0.25, -0.2) is 4.98 Å². The van der Waals surface area contributed by atoms with Crippen LogP contribution >= 0.6 is 0 Å². The Kier molecular flexibility index (Phi) is 3.72. The molecule has 136 valence electrons. The van der Waals surface area contributed by atoms with Crippen LogP contribution in [0.3, 0.4) is 0 Å². The third-order valence-electron chi connectivity index (χ3n) is 5.22. The number of H-pyrrole nitrogens is 2. The fourth-order valence-electron chi connectivity index (χ4n) is 3.81. The third kappa shape index (κ3) is 2.88. The van der Waals surface area contributed by atoms with E-state index in [9.17, 15) is 4.79 Å². The summed E-state index contributed by atoms with van der Waals surface area (Å²) in [6.45, 7) is 4.39. The molecule has 0 bridgehead atoms. The number of nitrogens with one attached hydrogen (secondary N) is 2. The summed E-state index contributed by atoms with van der Waals surface area (Å²) in [5.74, 6) is 1.09. The average molecular weight is 360 g/mol. The van der Waals surface area contributed by atoms with E-state index in [-0.39, 0.29) is 5.56 Å². The van der Waals surface area contributed by atoms with Crippen molar-refractivity contribution in [1.29, 1.82) is 0 Å². The standard InChI is InChI=1S/C21H20N4O2/c1-13-4-5-17-15(9-13)14(10-22-17)11-25-7-6-18-16(12-25)21(26)24-20(23-18)19-3-2-8-27-19/h2-5,8-10,22H,6-7,11-12H2,1H3,(H,23,24,26). The van der Waals surface area contributed by atoms with Crippen LogP contribution in [0.5, 0.6) is 0 Å². The fourth-order valence-corrected chi connectivity index (χ4v) is 3.81. The van der Waals surface area contributed by atoms with Gasteiger partial charge in [-0.15, -0.1) is 0 Å². The monoisotopic (exact) mass is 360 g/mol. The summed E-state index contributed by atoms with van der Waals surface area (Å²) >= 11 is 0. The van der Waals surface area contributed by atoms with Crippen LogP contribution in [-0.4, -0.2) is 26.4 Å². The van der Waals surface area contributed by atoms with Gasteiger partial charge in [0.05, 0.1) is 17.5 Å². The predicted molar refractivity (Wildman–Crippen MR) is 103 cm³/mol. The third-order valence-corrected chi connectivity index (χ3v) is 5.22. The van der Waals surface area contributed by atoms with Crippen LogP contribution in [0.4, 0.5) is 0 Å². The van der Waals surface area contributed by atoms with Crippen LogP contribution in [0, 0.1) is 6.92 Å². The van der Waals surface area contributed by atoms with Crippen molar-refractivity contribution in [1.82, 2.24) is 19.9 Å². The predicted octanol–water partition coefficient (Wildman–Crippen LogP) is 3.38. The number of benzene rings is 1. The molecule has 0 radical (unpaired) electrons. The van der Waals surface area contributed by atoms with Crippen LogP contribution < -0.4 is 5.56 Å². The van der Waals surface area contributed by atoms with Crippen LogP contribution in [0.25, 0.3) is 22.5 Å². The number of nitrogens with zero attached hydrogens (tertiary/aromatic N) is 2. The van der Waals surface area contributed by atoms with Crippen molar-refractivity contribution in [2.75, 3.05) is 6.54 Å². The van der Waals surface area contributed by atoms with Gasteiger partial charge in [-0.05, 0) is 36.8 Å². The number of aromatic nitrogens is 3. The number of fused-ring (bicyclic) bond motifs is 2. The molecule has 2 N–H and O–H groups in total. The van der Waals surface area contributed by atoms with Gasteiger partial charge in [0, 0.05) is 43.2 Å². The Morgan fingerprint density at radius 3 is 3.07 bits per heavy atom. The summed E-state index contributed by atoms with van der Waals surface area (Å²) in [5.41, 5.74) is 5.21. The SMILES string of the molecule is Cc1ccc2[nH]cc(CN3CCc4nc(-c5ccco5)[nH]c(=O)c4C3)c2c1. The molecule has 6 nitrogen and oxygen atoms in total. The number of aromatic amines is 2. The van der Waals surface area contributed by atoms with E-state index in [1.54, 1.807) is 18.4 Å². The Hall–Kier alpha value is -3.12. The van der Waals surface area contributed by atoms with Crippen LogP contribution in [0.1, 0.15) is 22.4 Å². The van der Waals surface area contributed by atoms with E-state index in [1.165, 1.54) is 16.5 Å². The molecule has 0 unspecified atom stereocenters. The zero-order valence-corrected chi connectivity index (χ0v) is 15.1. The maximum Gasteiger partial charge on any atom is 0.256 e. The molecular weight excluding hydrogens is 340 g/mol. The van der Waals surface area contributed by atoms with E-state index in [1.807, 2.05) is 0 Å². The second kappa shape index (κ2) is 6.25. The van der Waals surface area contributed by atoms with E-state index >= 15 is 0 Å². The number of rotatable bonds is 3. The molecule has 0 spiro atoms. The first kappa shape index (κ1) is 16.1. The van der Waals surface area contributed by atoms with E-state index in [4.69, 9.17) is 4.42 Å². The molecule has 1 aromatic carbocycles. The molecule has 0 amide bonds. The van der Waals surface area contributed by atoms with Gasteiger partial charge in [0.15, 0.2) is 11.6 Å². The van der Waals surface area contributed by atoms with Crippen molar-refractivity contribution in [2.24, 2.45) is 0 Å². The Bertz CT molecular complexity index is 1170. The summed E-state index contributed by atoms with van der Waals surface area (Å²) in [7, 11) is 0. The Morgan fingerprint density at radius 2 is 2.22 bits per heavy atom. The summed E-state index contributed by atoms with van der Waals surface area (Å²) in [6.07, 6.45) is 4.41. The first-order valence-electron chi connectivity index (χ1n) is 9.12. The van der Waals surface area contributed by atoms with Gasteiger partial charge in [0.25, 0.3) is 5.56 Å². The molecule has 5 rings (SSSR count). The van der Waals surface area contributed by atoms with E-state index in [0.717, 1.165) is 36.3 Å². The van der Waals surface area contributed by atoms with Crippen molar-refractivity contribution >= 4 is 10.9 Å². The van der Waals surface area contributed by atoms with Crippen molar-refractivity contribution in [2.45, 2.75) is 26.4 Å². The lowest BCUT2D eigenvalue weighted by Gasteiger charge is -2.27. The number of aryl methyl sites for hydroxylation is 1. The van der Waals surface area contributed by atoms with E-state index in [0.29, 0.717) is 18.1 Å².